The number of nitrogen functional groups attached to an aromatic ring is 1. The van der Waals surface area contributed by atoms with Crippen LogP contribution >= 0.6 is 0 Å². The van der Waals surface area contributed by atoms with Crippen molar-refractivity contribution in [2.24, 2.45) is 0 Å². The molecular weight excluding hydrogens is 170 g/mol. The van der Waals surface area contributed by atoms with Crippen molar-refractivity contribution >= 4 is 11.7 Å². The van der Waals surface area contributed by atoms with E-state index in [9.17, 15) is 4.79 Å². The topological polar surface area (TPSA) is 89.0 Å². The van der Waals surface area contributed by atoms with Gasteiger partial charge in [-0.1, -0.05) is 0 Å². The summed E-state index contributed by atoms with van der Waals surface area (Å²) in [4.78, 5) is 14.7. The summed E-state index contributed by atoms with van der Waals surface area (Å²) in [7, 11) is 1.24. The Kier molecular flexibility index (Phi) is 2.45. The van der Waals surface area contributed by atoms with Crippen LogP contribution < -0.4 is 5.73 Å². The van der Waals surface area contributed by atoms with Crippen LogP contribution in [0.2, 0.25) is 0 Å². The monoisotopic (exact) mass is 177 g/mol. The number of ether oxygens (including phenoxy) is 1. The van der Waals surface area contributed by atoms with Crippen LogP contribution in [0.3, 0.4) is 0 Å². The van der Waals surface area contributed by atoms with Crippen LogP contribution in [0, 0.1) is 11.3 Å². The first-order valence-corrected chi connectivity index (χ1v) is 3.43. The van der Waals surface area contributed by atoms with Gasteiger partial charge in [0.25, 0.3) is 0 Å². The zero-order valence-corrected chi connectivity index (χ0v) is 6.94. The van der Waals surface area contributed by atoms with Crippen molar-refractivity contribution in [3.63, 3.8) is 0 Å². The fourth-order valence-corrected chi connectivity index (χ4v) is 0.818. The fourth-order valence-electron chi connectivity index (χ4n) is 0.818. The normalized spacial score (nSPS) is 8.92. The lowest BCUT2D eigenvalue weighted by molar-refractivity contribution is 0.0594. The molecule has 0 saturated carbocycles. The molecule has 66 valence electrons. The molecular formula is C8H7N3O2. The molecule has 0 radical (unpaired) electrons. The van der Waals surface area contributed by atoms with Crippen LogP contribution in [0.15, 0.2) is 12.1 Å². The molecule has 2 N–H and O–H groups in total. The van der Waals surface area contributed by atoms with E-state index in [0.29, 0.717) is 5.69 Å². The lowest BCUT2D eigenvalue weighted by Crippen LogP contribution is -2.06. The molecule has 0 spiro atoms. The molecule has 1 rings (SSSR count). The van der Waals surface area contributed by atoms with Gasteiger partial charge in [-0.05, 0) is 12.1 Å². The highest BCUT2D eigenvalue weighted by Gasteiger charge is 2.08. The number of hydrogen-bond donors (Lipinski definition) is 1. The predicted octanol–water partition coefficient (Wildman–Crippen LogP) is 0.322. The van der Waals surface area contributed by atoms with Crippen molar-refractivity contribution in [1.82, 2.24) is 4.98 Å². The molecule has 0 atom stereocenters. The van der Waals surface area contributed by atoms with Crippen molar-refractivity contribution in [3.05, 3.63) is 23.5 Å². The number of carbonyl (C=O) groups is 1. The van der Waals surface area contributed by atoms with Gasteiger partial charge in [0, 0.05) is 5.69 Å². The third-order valence-corrected chi connectivity index (χ3v) is 1.36. The second-order valence-corrected chi connectivity index (χ2v) is 2.27. The van der Waals surface area contributed by atoms with Crippen molar-refractivity contribution < 1.29 is 9.53 Å². The van der Waals surface area contributed by atoms with Crippen LogP contribution in [-0.4, -0.2) is 18.1 Å². The number of esters is 1. The maximum Gasteiger partial charge on any atom is 0.356 e. The van der Waals surface area contributed by atoms with Gasteiger partial charge in [0.2, 0.25) is 0 Å². The standard InChI is InChI=1S/C8H7N3O2/c1-13-8(12)7-3-5(10)2-6(4-9)11-7/h2-3H,1H3,(H2,10,11). The van der Waals surface area contributed by atoms with Gasteiger partial charge in [0.05, 0.1) is 7.11 Å². The highest BCUT2D eigenvalue weighted by atomic mass is 16.5. The van der Waals surface area contributed by atoms with Crippen LogP contribution in [0.1, 0.15) is 16.2 Å². The van der Waals surface area contributed by atoms with Gasteiger partial charge < -0.3 is 10.5 Å². The van der Waals surface area contributed by atoms with Gasteiger partial charge in [-0.15, -0.1) is 0 Å². The minimum atomic E-state index is -0.608. The number of nitrogens with zero attached hydrogens (tertiary/aromatic N) is 2. The van der Waals surface area contributed by atoms with Gasteiger partial charge in [0.15, 0.2) is 5.69 Å². The number of anilines is 1. The number of aromatic nitrogens is 1. The molecule has 1 heterocycles. The Hall–Kier alpha value is -2.09. The molecule has 0 fully saturated rings. The average Bonchev–Trinajstić information content (AvgIpc) is 2.15. The molecule has 0 aromatic carbocycles. The number of carbonyl (C=O) groups excluding carboxylic acids is 1. The average molecular weight is 177 g/mol. The summed E-state index contributed by atoms with van der Waals surface area (Å²) in [5.74, 6) is -0.608. The van der Waals surface area contributed by atoms with Gasteiger partial charge in [-0.3, -0.25) is 0 Å². The van der Waals surface area contributed by atoms with Crippen LogP contribution in [0.5, 0.6) is 0 Å². The lowest BCUT2D eigenvalue weighted by atomic mass is 10.3. The number of rotatable bonds is 1. The second-order valence-electron chi connectivity index (χ2n) is 2.27. The number of pyridine rings is 1. The highest BCUT2D eigenvalue weighted by molar-refractivity contribution is 5.88. The van der Waals surface area contributed by atoms with Gasteiger partial charge in [-0.25, -0.2) is 9.78 Å². The minimum absolute atomic E-state index is 0.0408. The highest BCUT2D eigenvalue weighted by Crippen LogP contribution is 2.07. The van der Waals surface area contributed by atoms with E-state index in [1.165, 1.54) is 19.2 Å². The van der Waals surface area contributed by atoms with Crippen molar-refractivity contribution in [2.75, 3.05) is 12.8 Å². The van der Waals surface area contributed by atoms with Crippen molar-refractivity contribution in [1.29, 1.82) is 5.26 Å². The third-order valence-electron chi connectivity index (χ3n) is 1.36. The van der Waals surface area contributed by atoms with E-state index in [4.69, 9.17) is 11.0 Å². The molecule has 0 aliphatic rings. The summed E-state index contributed by atoms with van der Waals surface area (Å²) in [6.07, 6.45) is 0. The Morgan fingerprint density at radius 1 is 1.69 bits per heavy atom. The predicted molar refractivity (Wildman–Crippen MR) is 44.7 cm³/mol. The summed E-state index contributed by atoms with van der Waals surface area (Å²) in [6.45, 7) is 0. The van der Waals surface area contributed by atoms with E-state index in [1.54, 1.807) is 6.07 Å². The first-order valence-electron chi connectivity index (χ1n) is 3.43. The van der Waals surface area contributed by atoms with Gasteiger partial charge >= 0.3 is 5.97 Å². The summed E-state index contributed by atoms with van der Waals surface area (Å²) < 4.78 is 4.42. The van der Waals surface area contributed by atoms with E-state index < -0.39 is 5.97 Å². The maximum absolute atomic E-state index is 11.0. The number of nitriles is 1. The summed E-state index contributed by atoms with van der Waals surface area (Å²) in [5.41, 5.74) is 5.88. The van der Waals surface area contributed by atoms with Crippen LogP contribution in [0.25, 0.3) is 0 Å². The van der Waals surface area contributed by atoms with Crippen LogP contribution in [0.4, 0.5) is 5.69 Å². The Morgan fingerprint density at radius 3 is 2.92 bits per heavy atom. The lowest BCUT2D eigenvalue weighted by Gasteiger charge is -1.99. The molecule has 5 heteroatoms. The minimum Gasteiger partial charge on any atom is -0.464 e. The molecule has 0 bridgehead atoms. The SMILES string of the molecule is COC(=O)c1cc(N)cc(C#N)n1. The fraction of sp³-hybridized carbons (Fsp3) is 0.125. The number of hydrogen-bond acceptors (Lipinski definition) is 5. The van der Waals surface area contributed by atoms with Crippen molar-refractivity contribution in [3.8, 4) is 6.07 Å². The first-order chi connectivity index (χ1) is 6.17. The van der Waals surface area contributed by atoms with Gasteiger partial charge in [-0.2, -0.15) is 5.26 Å². The Bertz CT molecular complexity index is 381. The zero-order valence-electron chi connectivity index (χ0n) is 6.94. The smallest absolute Gasteiger partial charge is 0.356 e. The molecule has 13 heavy (non-hydrogen) atoms. The van der Waals surface area contributed by atoms with E-state index in [-0.39, 0.29) is 11.4 Å². The summed E-state index contributed by atoms with van der Waals surface area (Å²) >= 11 is 0. The largest absolute Gasteiger partial charge is 0.464 e. The molecule has 0 unspecified atom stereocenters. The Morgan fingerprint density at radius 2 is 2.38 bits per heavy atom. The molecule has 0 aliphatic carbocycles. The molecule has 1 aromatic rings. The zero-order chi connectivity index (χ0) is 9.84. The first kappa shape index (κ1) is 9.00. The van der Waals surface area contributed by atoms with Gasteiger partial charge in [0.1, 0.15) is 11.8 Å². The van der Waals surface area contributed by atoms with Crippen LogP contribution in [-0.2, 0) is 4.74 Å². The molecule has 5 nitrogen and oxygen atoms in total. The number of nitrogens with two attached hydrogens (primary N) is 1. The molecule has 0 saturated heterocycles. The van der Waals surface area contributed by atoms with E-state index in [0.717, 1.165) is 0 Å². The summed E-state index contributed by atoms with van der Waals surface area (Å²) in [6, 6.07) is 4.52. The molecule has 0 amide bonds. The second kappa shape index (κ2) is 3.54. The van der Waals surface area contributed by atoms with E-state index in [2.05, 4.69) is 9.72 Å². The maximum atomic E-state index is 11.0. The third kappa shape index (κ3) is 1.93. The molecule has 1 aromatic heterocycles. The molecule has 0 aliphatic heterocycles. The summed E-state index contributed by atoms with van der Waals surface area (Å²) in [5, 5.41) is 8.52. The van der Waals surface area contributed by atoms with E-state index in [1.807, 2.05) is 0 Å². The Balaban J connectivity index is 3.17. The van der Waals surface area contributed by atoms with E-state index >= 15 is 0 Å². The number of methoxy groups -OCH3 is 1. The quantitative estimate of drug-likeness (QED) is 0.624. The Labute approximate surface area is 74.8 Å². The van der Waals surface area contributed by atoms with Crippen molar-refractivity contribution in [2.45, 2.75) is 0 Å².